The molecular formula is C35H26F3N. The molecule has 1 aliphatic rings. The molecule has 0 radical (unpaired) electrons. The Labute approximate surface area is 224 Å². The smallest absolute Gasteiger partial charge is 0.256 e. The van der Waals surface area contributed by atoms with E-state index < -0.39 is 11.7 Å². The summed E-state index contributed by atoms with van der Waals surface area (Å²) >= 11 is 0. The zero-order chi connectivity index (χ0) is 26.6. The molecule has 5 aromatic carbocycles. The van der Waals surface area contributed by atoms with E-state index in [0.717, 1.165) is 47.9 Å². The summed E-state index contributed by atoms with van der Waals surface area (Å²) in [6.45, 7) is 0. The molecule has 1 unspecified atom stereocenters. The predicted molar refractivity (Wildman–Crippen MR) is 153 cm³/mol. The Morgan fingerprint density at radius 3 is 2.23 bits per heavy atom. The minimum absolute atomic E-state index is 0.409. The van der Waals surface area contributed by atoms with Crippen LogP contribution >= 0.6 is 0 Å². The number of alkyl halides is 3. The van der Waals surface area contributed by atoms with Crippen molar-refractivity contribution in [3.05, 3.63) is 126 Å². The molecule has 1 atom stereocenters. The highest BCUT2D eigenvalue weighted by Crippen LogP contribution is 2.41. The zero-order valence-electron chi connectivity index (χ0n) is 21.3. The molecule has 1 nitrogen and oxygen atoms in total. The highest BCUT2D eigenvalue weighted by molar-refractivity contribution is 6.16. The van der Waals surface area contributed by atoms with Gasteiger partial charge in [-0.2, -0.15) is 13.2 Å². The lowest BCUT2D eigenvalue weighted by molar-refractivity contribution is -0.137. The summed E-state index contributed by atoms with van der Waals surface area (Å²) in [5, 5.41) is 7.29. The van der Waals surface area contributed by atoms with E-state index in [-0.39, 0.29) is 0 Å². The van der Waals surface area contributed by atoms with Crippen molar-refractivity contribution in [1.82, 2.24) is 4.98 Å². The summed E-state index contributed by atoms with van der Waals surface area (Å²) in [4.78, 5) is 4.86. The summed E-state index contributed by atoms with van der Waals surface area (Å²) < 4.78 is 38.9. The highest BCUT2D eigenvalue weighted by Gasteiger charge is 2.30. The lowest BCUT2D eigenvalue weighted by Crippen LogP contribution is -2.17. The number of pyridine rings is 1. The lowest BCUT2D eigenvalue weighted by atomic mass is 9.78. The van der Waals surface area contributed by atoms with Crippen LogP contribution in [0.5, 0.6) is 0 Å². The summed E-state index contributed by atoms with van der Waals surface area (Å²) in [6, 6.07) is 31.5. The van der Waals surface area contributed by atoms with Crippen LogP contribution in [0, 0.1) is 5.92 Å². The average molecular weight is 518 g/mol. The summed E-state index contributed by atoms with van der Waals surface area (Å²) in [5.74, 6) is 0.409. The van der Waals surface area contributed by atoms with Crippen molar-refractivity contribution in [2.75, 3.05) is 0 Å². The van der Waals surface area contributed by atoms with Gasteiger partial charge in [0.2, 0.25) is 0 Å². The van der Waals surface area contributed by atoms with Crippen molar-refractivity contribution in [2.24, 2.45) is 5.92 Å². The third-order valence-corrected chi connectivity index (χ3v) is 8.30. The topological polar surface area (TPSA) is 12.9 Å². The summed E-state index contributed by atoms with van der Waals surface area (Å²) in [5.41, 5.74) is 5.26. The highest BCUT2D eigenvalue weighted by atomic mass is 19.4. The molecule has 0 aliphatic heterocycles. The van der Waals surface area contributed by atoms with Gasteiger partial charge in [0.1, 0.15) is 0 Å². The number of halogens is 3. The van der Waals surface area contributed by atoms with E-state index >= 15 is 0 Å². The first-order valence-corrected chi connectivity index (χ1v) is 13.4. The molecule has 0 saturated carbocycles. The Balaban J connectivity index is 1.30. The second kappa shape index (κ2) is 9.23. The normalized spacial score (nSPS) is 15.6. The van der Waals surface area contributed by atoms with Gasteiger partial charge in [-0.05, 0) is 99.5 Å². The van der Waals surface area contributed by atoms with Gasteiger partial charge in [0, 0.05) is 17.1 Å². The molecule has 1 heterocycles. The second-order valence-corrected chi connectivity index (χ2v) is 10.7. The van der Waals surface area contributed by atoms with Gasteiger partial charge in [-0.15, -0.1) is 0 Å². The molecule has 192 valence electrons. The first-order valence-electron chi connectivity index (χ1n) is 13.4. The van der Waals surface area contributed by atoms with Crippen molar-refractivity contribution in [3.63, 3.8) is 0 Å². The summed E-state index contributed by atoms with van der Waals surface area (Å²) in [6.07, 6.45) is 1.29. The number of nitrogens with zero attached hydrogens (tertiary/aromatic N) is 1. The molecule has 1 aliphatic carbocycles. The van der Waals surface area contributed by atoms with Crippen LogP contribution in [0.15, 0.2) is 103 Å². The minimum atomic E-state index is -4.30. The van der Waals surface area contributed by atoms with Gasteiger partial charge in [-0.3, -0.25) is 4.98 Å². The molecule has 0 fully saturated rings. The molecule has 0 saturated heterocycles. The number of rotatable bonds is 3. The van der Waals surface area contributed by atoms with Crippen LogP contribution in [-0.2, 0) is 25.4 Å². The van der Waals surface area contributed by atoms with Crippen molar-refractivity contribution in [3.8, 4) is 11.3 Å². The fourth-order valence-corrected chi connectivity index (χ4v) is 6.40. The van der Waals surface area contributed by atoms with Crippen LogP contribution in [0.25, 0.3) is 43.6 Å². The van der Waals surface area contributed by atoms with Gasteiger partial charge >= 0.3 is 6.18 Å². The van der Waals surface area contributed by atoms with E-state index in [9.17, 15) is 13.2 Å². The molecule has 6 aromatic rings. The number of aromatic nitrogens is 1. The third-order valence-electron chi connectivity index (χ3n) is 8.30. The van der Waals surface area contributed by atoms with Gasteiger partial charge in [-0.25, -0.2) is 0 Å². The fourth-order valence-electron chi connectivity index (χ4n) is 6.40. The molecule has 0 bridgehead atoms. The van der Waals surface area contributed by atoms with E-state index in [0.29, 0.717) is 5.92 Å². The van der Waals surface area contributed by atoms with Crippen molar-refractivity contribution in [2.45, 2.75) is 31.9 Å². The Hall–Kier alpha value is -4.18. The Morgan fingerprint density at radius 2 is 1.44 bits per heavy atom. The van der Waals surface area contributed by atoms with Crippen molar-refractivity contribution >= 4 is 32.3 Å². The van der Waals surface area contributed by atoms with Crippen LogP contribution < -0.4 is 0 Å². The maximum Gasteiger partial charge on any atom is 0.416 e. The largest absolute Gasteiger partial charge is 0.416 e. The van der Waals surface area contributed by atoms with Crippen molar-refractivity contribution < 1.29 is 13.2 Å². The van der Waals surface area contributed by atoms with Gasteiger partial charge in [0.15, 0.2) is 0 Å². The van der Waals surface area contributed by atoms with Crippen LogP contribution in [0.1, 0.15) is 28.7 Å². The number of benzene rings is 5. The van der Waals surface area contributed by atoms with E-state index in [4.69, 9.17) is 4.98 Å². The Kier molecular flexibility index (Phi) is 5.66. The van der Waals surface area contributed by atoms with Gasteiger partial charge in [-0.1, -0.05) is 72.8 Å². The van der Waals surface area contributed by atoms with Crippen LogP contribution in [0.3, 0.4) is 0 Å². The first kappa shape index (κ1) is 23.9. The molecule has 1 aromatic heterocycles. The predicted octanol–water partition coefficient (Wildman–Crippen LogP) is 9.57. The molecule has 39 heavy (non-hydrogen) atoms. The van der Waals surface area contributed by atoms with E-state index in [1.54, 1.807) is 12.1 Å². The summed E-state index contributed by atoms with van der Waals surface area (Å²) in [7, 11) is 0. The number of hydrogen-bond donors (Lipinski definition) is 0. The molecule has 0 spiro atoms. The number of fused-ring (bicyclic) bond motifs is 6. The number of aryl methyl sites for hydroxylation is 1. The van der Waals surface area contributed by atoms with Crippen molar-refractivity contribution in [1.29, 1.82) is 0 Å². The zero-order valence-corrected chi connectivity index (χ0v) is 21.3. The molecule has 4 heteroatoms. The molecule has 7 rings (SSSR count). The first-order chi connectivity index (χ1) is 19.0. The van der Waals surface area contributed by atoms with E-state index in [1.807, 2.05) is 6.20 Å². The fraction of sp³-hybridized carbons (Fsp3) is 0.171. The molecule has 0 N–H and O–H groups in total. The number of hydrogen-bond acceptors (Lipinski definition) is 1. The van der Waals surface area contributed by atoms with Crippen LogP contribution in [-0.4, -0.2) is 4.98 Å². The maximum absolute atomic E-state index is 13.0. The maximum atomic E-state index is 13.0. The van der Waals surface area contributed by atoms with Crippen LogP contribution in [0.2, 0.25) is 0 Å². The minimum Gasteiger partial charge on any atom is -0.256 e. The average Bonchev–Trinajstić information content (AvgIpc) is 2.96. The second-order valence-electron chi connectivity index (χ2n) is 10.7. The van der Waals surface area contributed by atoms with Gasteiger partial charge < -0.3 is 0 Å². The van der Waals surface area contributed by atoms with Crippen LogP contribution in [0.4, 0.5) is 13.2 Å². The monoisotopic (exact) mass is 517 g/mol. The van der Waals surface area contributed by atoms with Gasteiger partial charge in [0.05, 0.1) is 11.3 Å². The Bertz CT molecular complexity index is 1850. The van der Waals surface area contributed by atoms with Gasteiger partial charge in [0.25, 0.3) is 0 Å². The quantitative estimate of drug-likeness (QED) is 0.213. The van der Waals surface area contributed by atoms with E-state index in [1.165, 1.54) is 50.2 Å². The molecular weight excluding hydrogens is 491 g/mol. The molecule has 0 amide bonds. The third kappa shape index (κ3) is 4.24. The lowest BCUT2D eigenvalue weighted by Gasteiger charge is -2.27. The SMILES string of the molecule is FC(F)(F)c1ccc(CC2CCc3c(ccc4c3cc(-c3nccc5ccccc35)c3ccccc34)C2)cc1. The standard InChI is InChI=1S/C35H26F3N/c36-35(37,38)26-13-9-22(10-14-26)19-23-11-15-27-25(20-23)12-16-31-29-7-3-4-8-30(29)33(21-32(27)31)34-28-6-2-1-5-24(28)17-18-39-34/h1-10,12-14,16-18,21,23H,11,15,19-20H2. The Morgan fingerprint density at radius 1 is 0.718 bits per heavy atom. The van der Waals surface area contributed by atoms with E-state index in [2.05, 4.69) is 72.8 Å².